The fourth-order valence-corrected chi connectivity index (χ4v) is 5.31. The average Bonchev–Trinajstić information content (AvgIpc) is 2.98. The van der Waals surface area contributed by atoms with Gasteiger partial charge >= 0.3 is 7.32 Å². The van der Waals surface area contributed by atoms with E-state index in [1.807, 2.05) is 0 Å². The number of hydrogen-bond donors (Lipinski definition) is 0. The highest BCUT2D eigenvalue weighted by atomic mass is 16.8. The summed E-state index contributed by atoms with van der Waals surface area (Å²) in [4.78, 5) is 37.4. The highest BCUT2D eigenvalue weighted by Gasteiger charge is 2.35. The Labute approximate surface area is 266 Å². The molecule has 6 nitrogen and oxygen atoms in total. The van der Waals surface area contributed by atoms with Gasteiger partial charge in [0.25, 0.3) is 17.9 Å². The number of unbranched alkanes of at least 4 members (excludes halogenated alkanes) is 24. The van der Waals surface area contributed by atoms with Gasteiger partial charge in [0, 0.05) is 19.3 Å². The Morgan fingerprint density at radius 3 is 0.721 bits per heavy atom. The van der Waals surface area contributed by atoms with Gasteiger partial charge in [0.2, 0.25) is 0 Å². The van der Waals surface area contributed by atoms with Crippen molar-refractivity contribution in [2.24, 2.45) is 0 Å². The highest BCUT2D eigenvalue weighted by Crippen LogP contribution is 2.14. The van der Waals surface area contributed by atoms with E-state index in [4.69, 9.17) is 14.0 Å². The van der Waals surface area contributed by atoms with Crippen LogP contribution in [0, 0.1) is 0 Å². The van der Waals surface area contributed by atoms with Gasteiger partial charge in [0.15, 0.2) is 0 Å². The van der Waals surface area contributed by atoms with Crippen LogP contribution < -0.4 is 0 Å². The first-order valence-electron chi connectivity index (χ1n) is 18.6. The fraction of sp³-hybridized carbons (Fsp3) is 0.917. The molecule has 0 atom stereocenters. The van der Waals surface area contributed by atoms with Crippen molar-refractivity contribution in [1.82, 2.24) is 0 Å². The summed E-state index contributed by atoms with van der Waals surface area (Å²) in [6, 6.07) is 0. The van der Waals surface area contributed by atoms with Gasteiger partial charge in [-0.15, -0.1) is 0 Å². The van der Waals surface area contributed by atoms with Crippen LogP contribution in [0.3, 0.4) is 0 Å². The molecule has 0 saturated carbocycles. The molecule has 0 amide bonds. The molecular weight excluding hydrogens is 539 g/mol. The lowest BCUT2D eigenvalue weighted by Gasteiger charge is -2.14. The summed E-state index contributed by atoms with van der Waals surface area (Å²) in [5.74, 6) is -1.46. The maximum atomic E-state index is 12.5. The summed E-state index contributed by atoms with van der Waals surface area (Å²) in [5, 5.41) is 0. The van der Waals surface area contributed by atoms with E-state index in [1.165, 1.54) is 116 Å². The average molecular weight is 609 g/mol. The molecule has 7 heteroatoms. The summed E-state index contributed by atoms with van der Waals surface area (Å²) >= 11 is 0. The second-order valence-corrected chi connectivity index (χ2v) is 12.5. The molecule has 0 fully saturated rings. The largest absolute Gasteiger partial charge is 0.870 e. The Balaban J connectivity index is 4.38. The van der Waals surface area contributed by atoms with Crippen molar-refractivity contribution in [1.29, 1.82) is 0 Å². The zero-order chi connectivity index (χ0) is 31.6. The van der Waals surface area contributed by atoms with Crippen LogP contribution in [0.15, 0.2) is 0 Å². The van der Waals surface area contributed by atoms with Gasteiger partial charge in [0.05, 0.1) is 0 Å². The van der Waals surface area contributed by atoms with Crippen molar-refractivity contribution >= 4 is 25.2 Å². The lowest BCUT2D eigenvalue weighted by molar-refractivity contribution is -0.148. The van der Waals surface area contributed by atoms with Crippen molar-refractivity contribution in [3.05, 3.63) is 0 Å². The number of carbonyl (C=O) groups is 3. The topological polar surface area (TPSA) is 78.9 Å². The normalized spacial score (nSPS) is 11.0. The van der Waals surface area contributed by atoms with E-state index in [1.54, 1.807) is 0 Å². The van der Waals surface area contributed by atoms with Crippen LogP contribution in [0.2, 0.25) is 0 Å². The maximum absolute atomic E-state index is 12.5. The summed E-state index contributed by atoms with van der Waals surface area (Å²) in [7, 11) is -1.58. The van der Waals surface area contributed by atoms with Gasteiger partial charge in [0.1, 0.15) is 0 Å². The molecule has 0 bridgehead atoms. The van der Waals surface area contributed by atoms with Gasteiger partial charge < -0.3 is 14.0 Å². The first-order valence-corrected chi connectivity index (χ1v) is 18.6. The molecule has 0 aliphatic rings. The molecule has 0 aromatic rings. The SMILES string of the molecule is CCCCCCCCCCCC(=O)OB(OC(=O)CCCCCCCCCCC)OC(=O)CCCCCCCCCCC. The van der Waals surface area contributed by atoms with E-state index in [0.717, 1.165) is 57.8 Å². The van der Waals surface area contributed by atoms with Crippen molar-refractivity contribution in [2.45, 2.75) is 213 Å². The van der Waals surface area contributed by atoms with E-state index >= 15 is 0 Å². The smallest absolute Gasteiger partial charge is 0.462 e. The molecule has 0 unspecified atom stereocenters. The predicted molar refractivity (Wildman–Crippen MR) is 180 cm³/mol. The van der Waals surface area contributed by atoms with Crippen molar-refractivity contribution in [3.63, 3.8) is 0 Å². The Kier molecular flexibility index (Phi) is 32.2. The molecule has 0 aromatic heterocycles. The Morgan fingerprint density at radius 2 is 0.512 bits per heavy atom. The fourth-order valence-electron chi connectivity index (χ4n) is 5.31. The second kappa shape index (κ2) is 33.4. The van der Waals surface area contributed by atoms with E-state index in [2.05, 4.69) is 20.8 Å². The molecule has 252 valence electrons. The third-order valence-electron chi connectivity index (χ3n) is 8.14. The van der Waals surface area contributed by atoms with Crippen molar-refractivity contribution in [3.8, 4) is 0 Å². The van der Waals surface area contributed by atoms with Crippen LogP contribution in [0.5, 0.6) is 0 Å². The predicted octanol–water partition coefficient (Wildman–Crippen LogP) is 11.4. The van der Waals surface area contributed by atoms with Gasteiger partial charge in [-0.3, -0.25) is 14.4 Å². The highest BCUT2D eigenvalue weighted by molar-refractivity contribution is 6.44. The van der Waals surface area contributed by atoms with E-state index in [9.17, 15) is 14.4 Å². The lowest BCUT2D eigenvalue weighted by atomic mass is 10.1. The van der Waals surface area contributed by atoms with Gasteiger partial charge in [-0.25, -0.2) is 0 Å². The number of hydrogen-bond acceptors (Lipinski definition) is 6. The molecule has 0 radical (unpaired) electrons. The molecule has 0 aliphatic heterocycles. The zero-order valence-electron chi connectivity index (χ0n) is 28.7. The third-order valence-corrected chi connectivity index (χ3v) is 8.14. The number of rotatable bonds is 33. The maximum Gasteiger partial charge on any atom is 0.870 e. The van der Waals surface area contributed by atoms with Crippen molar-refractivity contribution < 1.29 is 28.3 Å². The van der Waals surface area contributed by atoms with Crippen LogP contribution >= 0.6 is 0 Å². The second-order valence-electron chi connectivity index (χ2n) is 12.5. The van der Waals surface area contributed by atoms with Crippen LogP contribution in [0.4, 0.5) is 0 Å². The molecular formula is C36H69BO6. The lowest BCUT2D eigenvalue weighted by Crippen LogP contribution is -2.34. The van der Waals surface area contributed by atoms with E-state index in [-0.39, 0.29) is 19.3 Å². The molecule has 0 N–H and O–H groups in total. The minimum Gasteiger partial charge on any atom is -0.462 e. The summed E-state index contributed by atoms with van der Waals surface area (Å²) in [6.45, 7) is 6.67. The third kappa shape index (κ3) is 31.7. The monoisotopic (exact) mass is 609 g/mol. The van der Waals surface area contributed by atoms with E-state index < -0.39 is 25.2 Å². The summed E-state index contributed by atoms with van der Waals surface area (Å²) < 4.78 is 16.0. The van der Waals surface area contributed by atoms with E-state index in [0.29, 0.717) is 0 Å². The minimum absolute atomic E-state index is 0.234. The first kappa shape index (κ1) is 41.5. The molecule has 0 rings (SSSR count). The molecule has 0 heterocycles. The number of carbonyl (C=O) groups excluding carboxylic acids is 3. The molecule has 0 saturated heterocycles. The van der Waals surface area contributed by atoms with Crippen LogP contribution in [0.25, 0.3) is 0 Å². The van der Waals surface area contributed by atoms with Crippen LogP contribution in [0.1, 0.15) is 213 Å². The van der Waals surface area contributed by atoms with Gasteiger partial charge in [-0.1, -0.05) is 175 Å². The van der Waals surface area contributed by atoms with Crippen LogP contribution in [-0.2, 0) is 28.3 Å². The van der Waals surface area contributed by atoms with Crippen molar-refractivity contribution in [2.75, 3.05) is 0 Å². The summed E-state index contributed by atoms with van der Waals surface area (Å²) in [5.41, 5.74) is 0. The Bertz CT molecular complexity index is 556. The molecule has 0 aliphatic carbocycles. The Morgan fingerprint density at radius 1 is 0.326 bits per heavy atom. The first-order chi connectivity index (χ1) is 21.0. The Hall–Kier alpha value is -1.53. The quantitative estimate of drug-likeness (QED) is 0.0545. The van der Waals surface area contributed by atoms with Gasteiger partial charge in [-0.05, 0) is 19.3 Å². The van der Waals surface area contributed by atoms with Crippen LogP contribution in [-0.4, -0.2) is 25.2 Å². The molecule has 0 spiro atoms. The standard InChI is InChI=1S/C36H69BO6/c1-4-7-10-13-16-19-22-25-28-31-34(38)41-37(42-35(39)32-29-26-23-20-17-14-11-8-5-2)43-36(40)33-30-27-24-21-18-15-12-9-6-3/h4-33H2,1-3H3. The van der Waals surface area contributed by atoms with Gasteiger partial charge in [-0.2, -0.15) is 0 Å². The zero-order valence-corrected chi connectivity index (χ0v) is 28.7. The summed E-state index contributed by atoms with van der Waals surface area (Å²) in [6.07, 6.45) is 31.8. The molecule has 0 aromatic carbocycles. The minimum atomic E-state index is -1.58. The molecule has 43 heavy (non-hydrogen) atoms.